The lowest BCUT2D eigenvalue weighted by molar-refractivity contribution is -0.140. The Balaban J connectivity index is 1.96. The summed E-state index contributed by atoms with van der Waals surface area (Å²) in [5, 5.41) is 21.4. The molecule has 0 spiro atoms. The standard InChI is InChI=1S/C16H16N4O3/c17-8-11-12-6-7-13(16(22)23)20(12)15(21)14(19-11)18-9-10-4-2-1-3-5-10/h2,4-5,13H,1,3,6-7,9H2,(H,18,19)(H,22,23). The highest BCUT2D eigenvalue weighted by Gasteiger charge is 2.32. The van der Waals surface area contributed by atoms with Gasteiger partial charge in [-0.25, -0.2) is 9.78 Å². The molecule has 0 aromatic carbocycles. The molecule has 2 heterocycles. The number of hydrogen-bond donors (Lipinski definition) is 2. The zero-order valence-electron chi connectivity index (χ0n) is 12.5. The topological polar surface area (TPSA) is 108 Å². The maximum absolute atomic E-state index is 12.5. The van der Waals surface area contributed by atoms with Gasteiger partial charge in [0.2, 0.25) is 0 Å². The van der Waals surface area contributed by atoms with E-state index in [1.165, 1.54) is 4.57 Å². The van der Waals surface area contributed by atoms with Gasteiger partial charge in [0, 0.05) is 6.54 Å². The van der Waals surface area contributed by atoms with Gasteiger partial charge in [-0.15, -0.1) is 0 Å². The molecule has 2 aliphatic rings. The maximum atomic E-state index is 12.5. The molecular weight excluding hydrogens is 296 g/mol. The molecule has 1 atom stereocenters. The second kappa shape index (κ2) is 6.08. The van der Waals surface area contributed by atoms with Gasteiger partial charge in [-0.1, -0.05) is 18.2 Å². The summed E-state index contributed by atoms with van der Waals surface area (Å²) in [6, 6.07) is 1.03. The minimum absolute atomic E-state index is 0.0262. The number of allylic oxidation sites excluding steroid dienone is 2. The summed E-state index contributed by atoms with van der Waals surface area (Å²) in [7, 11) is 0. The van der Waals surface area contributed by atoms with Crippen LogP contribution in [0.1, 0.15) is 36.7 Å². The fourth-order valence-corrected chi connectivity index (χ4v) is 2.97. The number of nitriles is 1. The highest BCUT2D eigenvalue weighted by molar-refractivity contribution is 5.73. The van der Waals surface area contributed by atoms with Gasteiger partial charge < -0.3 is 10.4 Å². The molecule has 0 fully saturated rings. The molecule has 7 heteroatoms. The lowest BCUT2D eigenvalue weighted by atomic mass is 10.1. The largest absolute Gasteiger partial charge is 0.480 e. The summed E-state index contributed by atoms with van der Waals surface area (Å²) in [5.41, 5.74) is 1.08. The van der Waals surface area contributed by atoms with Gasteiger partial charge in [-0.05, 0) is 31.3 Å². The third-order valence-corrected chi connectivity index (χ3v) is 4.10. The molecule has 118 valence electrons. The first-order valence-corrected chi connectivity index (χ1v) is 7.49. The van der Waals surface area contributed by atoms with E-state index >= 15 is 0 Å². The van der Waals surface area contributed by atoms with Gasteiger partial charge in [0.15, 0.2) is 11.5 Å². The summed E-state index contributed by atoms with van der Waals surface area (Å²) in [5.74, 6) is -1.04. The summed E-state index contributed by atoms with van der Waals surface area (Å²) in [6.45, 7) is 0.417. The van der Waals surface area contributed by atoms with Gasteiger partial charge in [-0.3, -0.25) is 9.36 Å². The zero-order chi connectivity index (χ0) is 16.4. The lowest BCUT2D eigenvalue weighted by Gasteiger charge is -2.14. The van der Waals surface area contributed by atoms with Gasteiger partial charge in [0.05, 0.1) is 5.69 Å². The monoisotopic (exact) mass is 312 g/mol. The number of aromatic nitrogens is 2. The number of hydrogen-bond acceptors (Lipinski definition) is 5. The quantitative estimate of drug-likeness (QED) is 0.869. The second-order valence-corrected chi connectivity index (χ2v) is 5.55. The van der Waals surface area contributed by atoms with Crippen molar-refractivity contribution in [2.24, 2.45) is 0 Å². The van der Waals surface area contributed by atoms with Crippen molar-refractivity contribution in [3.8, 4) is 6.07 Å². The highest BCUT2D eigenvalue weighted by atomic mass is 16.4. The summed E-state index contributed by atoms with van der Waals surface area (Å²) in [6.07, 6.45) is 8.74. The minimum Gasteiger partial charge on any atom is -0.480 e. The smallest absolute Gasteiger partial charge is 0.326 e. The van der Waals surface area contributed by atoms with Crippen molar-refractivity contribution in [1.82, 2.24) is 9.55 Å². The fourth-order valence-electron chi connectivity index (χ4n) is 2.97. The van der Waals surface area contributed by atoms with Crippen LogP contribution in [0.25, 0.3) is 0 Å². The highest BCUT2D eigenvalue weighted by Crippen LogP contribution is 2.26. The number of nitrogens with zero attached hydrogens (tertiary/aromatic N) is 3. The SMILES string of the molecule is N#Cc1nc(NCC2=CCCC=C2)c(=O)n2c1CCC2C(=O)O. The molecule has 2 N–H and O–H groups in total. The molecule has 1 aromatic heterocycles. The van der Waals surface area contributed by atoms with E-state index in [0.717, 1.165) is 18.4 Å². The Morgan fingerprint density at radius 2 is 2.35 bits per heavy atom. The molecule has 0 saturated carbocycles. The van der Waals surface area contributed by atoms with E-state index in [-0.39, 0.29) is 11.5 Å². The van der Waals surface area contributed by atoms with Crippen LogP contribution in [0.2, 0.25) is 0 Å². The van der Waals surface area contributed by atoms with Crippen molar-refractivity contribution in [2.75, 3.05) is 11.9 Å². The number of anilines is 1. The predicted octanol–water partition coefficient (Wildman–Crippen LogP) is 1.38. The molecule has 0 amide bonds. The van der Waals surface area contributed by atoms with Gasteiger partial charge in [0.1, 0.15) is 12.1 Å². The molecule has 0 saturated heterocycles. The van der Waals surface area contributed by atoms with E-state index in [1.807, 2.05) is 12.1 Å². The van der Waals surface area contributed by atoms with Crippen LogP contribution >= 0.6 is 0 Å². The van der Waals surface area contributed by atoms with Crippen LogP contribution in [0.5, 0.6) is 0 Å². The van der Waals surface area contributed by atoms with Crippen molar-refractivity contribution in [3.05, 3.63) is 45.5 Å². The number of carbonyl (C=O) groups is 1. The fraction of sp³-hybridized carbons (Fsp3) is 0.375. The van der Waals surface area contributed by atoms with Gasteiger partial charge in [0.25, 0.3) is 5.56 Å². The van der Waals surface area contributed by atoms with Crippen molar-refractivity contribution >= 4 is 11.8 Å². The number of aliphatic carboxylic acids is 1. The Bertz CT molecular complexity index is 814. The van der Waals surface area contributed by atoms with E-state index in [1.54, 1.807) is 0 Å². The van der Waals surface area contributed by atoms with Crippen LogP contribution in [0.15, 0.2) is 28.6 Å². The summed E-state index contributed by atoms with van der Waals surface area (Å²) < 4.78 is 1.20. The predicted molar refractivity (Wildman–Crippen MR) is 83.2 cm³/mol. The number of rotatable bonds is 4. The maximum Gasteiger partial charge on any atom is 0.326 e. The first-order chi connectivity index (χ1) is 11.1. The Hall–Kier alpha value is -2.88. The van der Waals surface area contributed by atoms with Crippen molar-refractivity contribution < 1.29 is 9.90 Å². The molecular formula is C16H16N4O3. The number of carboxylic acids is 1. The van der Waals surface area contributed by atoms with E-state index in [4.69, 9.17) is 0 Å². The molecule has 1 aliphatic heterocycles. The molecule has 1 aromatic rings. The first kappa shape index (κ1) is 15.0. The first-order valence-electron chi connectivity index (χ1n) is 7.49. The Morgan fingerprint density at radius 1 is 1.52 bits per heavy atom. The van der Waals surface area contributed by atoms with Crippen molar-refractivity contribution in [1.29, 1.82) is 5.26 Å². The van der Waals surface area contributed by atoms with Crippen LogP contribution in [0.4, 0.5) is 5.82 Å². The molecule has 1 unspecified atom stereocenters. The van der Waals surface area contributed by atoms with Crippen LogP contribution < -0.4 is 10.9 Å². The molecule has 0 radical (unpaired) electrons. The van der Waals surface area contributed by atoms with Crippen LogP contribution in [-0.2, 0) is 11.2 Å². The normalized spacial score (nSPS) is 18.9. The Kier molecular flexibility index (Phi) is 3.98. The third-order valence-electron chi connectivity index (χ3n) is 4.10. The van der Waals surface area contributed by atoms with Gasteiger partial charge >= 0.3 is 5.97 Å². The van der Waals surface area contributed by atoms with E-state index in [9.17, 15) is 20.0 Å². The van der Waals surface area contributed by atoms with Crippen molar-refractivity contribution in [2.45, 2.75) is 31.7 Å². The zero-order valence-corrected chi connectivity index (χ0v) is 12.5. The molecule has 1 aliphatic carbocycles. The lowest BCUT2D eigenvalue weighted by Crippen LogP contribution is -2.31. The minimum atomic E-state index is -1.06. The van der Waals surface area contributed by atoms with Gasteiger partial charge in [-0.2, -0.15) is 5.26 Å². The number of nitrogens with one attached hydrogen (secondary N) is 1. The molecule has 3 rings (SSSR count). The number of carboxylic acid groups (broad SMARTS) is 1. The third kappa shape index (κ3) is 2.75. The van der Waals surface area contributed by atoms with Crippen LogP contribution in [0.3, 0.4) is 0 Å². The van der Waals surface area contributed by atoms with Crippen LogP contribution in [-0.4, -0.2) is 27.2 Å². The summed E-state index contributed by atoms with van der Waals surface area (Å²) >= 11 is 0. The Morgan fingerprint density at radius 3 is 3.00 bits per heavy atom. The average Bonchev–Trinajstić information content (AvgIpc) is 3.01. The Labute approximate surface area is 132 Å². The van der Waals surface area contributed by atoms with Crippen molar-refractivity contribution in [3.63, 3.8) is 0 Å². The summed E-state index contributed by atoms with van der Waals surface area (Å²) in [4.78, 5) is 28.0. The number of fused-ring (bicyclic) bond motifs is 1. The van der Waals surface area contributed by atoms with E-state index in [0.29, 0.717) is 25.1 Å². The molecule has 7 nitrogen and oxygen atoms in total. The molecule has 0 bridgehead atoms. The van der Waals surface area contributed by atoms with Crippen LogP contribution in [0, 0.1) is 11.3 Å². The van der Waals surface area contributed by atoms with E-state index < -0.39 is 17.6 Å². The average molecular weight is 312 g/mol. The second-order valence-electron chi connectivity index (χ2n) is 5.55. The molecule has 23 heavy (non-hydrogen) atoms. The van der Waals surface area contributed by atoms with E-state index in [2.05, 4.69) is 22.5 Å².